The SMILES string of the molecule is Cc1cc(C)cc(OCCC(=O)NC2CCCc3cc(N)ccc32)c1. The fraction of sp³-hybridized carbons (Fsp3) is 0.381. The van der Waals surface area contributed by atoms with Crippen molar-refractivity contribution >= 4 is 11.6 Å². The third-order valence-electron chi connectivity index (χ3n) is 4.61. The van der Waals surface area contributed by atoms with Crippen LogP contribution in [0.15, 0.2) is 36.4 Å². The maximum atomic E-state index is 12.3. The van der Waals surface area contributed by atoms with E-state index in [1.807, 2.05) is 44.2 Å². The number of nitrogens with two attached hydrogens (primary N) is 1. The van der Waals surface area contributed by atoms with E-state index in [1.165, 1.54) is 11.1 Å². The van der Waals surface area contributed by atoms with E-state index in [-0.39, 0.29) is 11.9 Å². The number of carbonyl (C=O) groups is 1. The van der Waals surface area contributed by atoms with Gasteiger partial charge in [0.2, 0.25) is 5.91 Å². The standard InChI is InChI=1S/C21H26N2O2/c1-14-10-15(2)12-18(11-14)25-9-8-21(24)23-20-5-3-4-16-13-17(22)6-7-19(16)20/h6-7,10-13,20H,3-5,8-9,22H2,1-2H3,(H,23,24). The number of aryl methyl sites for hydroxylation is 3. The fourth-order valence-electron chi connectivity index (χ4n) is 3.53. The molecule has 0 aliphatic heterocycles. The van der Waals surface area contributed by atoms with Crippen LogP contribution in [0.3, 0.4) is 0 Å². The maximum absolute atomic E-state index is 12.3. The quantitative estimate of drug-likeness (QED) is 0.814. The molecule has 1 unspecified atom stereocenters. The number of hydrogen-bond acceptors (Lipinski definition) is 3. The van der Waals surface area contributed by atoms with Crippen molar-refractivity contribution in [3.05, 3.63) is 58.7 Å². The normalized spacial score (nSPS) is 16.2. The minimum absolute atomic E-state index is 0.0269. The Kier molecular flexibility index (Phi) is 5.27. The smallest absolute Gasteiger partial charge is 0.223 e. The monoisotopic (exact) mass is 338 g/mol. The van der Waals surface area contributed by atoms with Gasteiger partial charge in [-0.25, -0.2) is 0 Å². The minimum Gasteiger partial charge on any atom is -0.493 e. The van der Waals surface area contributed by atoms with Crippen LogP contribution in [0.25, 0.3) is 0 Å². The first kappa shape index (κ1) is 17.3. The molecule has 2 aromatic rings. The summed E-state index contributed by atoms with van der Waals surface area (Å²) >= 11 is 0. The van der Waals surface area contributed by atoms with Crippen LogP contribution in [0.5, 0.6) is 5.75 Å². The Hall–Kier alpha value is -2.49. The average Bonchev–Trinajstić information content (AvgIpc) is 2.54. The number of hydrogen-bond donors (Lipinski definition) is 2. The highest BCUT2D eigenvalue weighted by molar-refractivity contribution is 5.76. The summed E-state index contributed by atoms with van der Waals surface area (Å²) in [6.07, 6.45) is 3.43. The van der Waals surface area contributed by atoms with Crippen LogP contribution in [0, 0.1) is 13.8 Å². The van der Waals surface area contributed by atoms with Crippen molar-refractivity contribution in [1.29, 1.82) is 0 Å². The summed E-state index contributed by atoms with van der Waals surface area (Å²) in [5.41, 5.74) is 11.4. The molecule has 0 aromatic heterocycles. The predicted octanol–water partition coefficient (Wildman–Crippen LogP) is 3.85. The molecular weight excluding hydrogens is 312 g/mol. The number of ether oxygens (including phenoxy) is 1. The topological polar surface area (TPSA) is 64.3 Å². The number of nitrogens with one attached hydrogen (secondary N) is 1. The molecule has 4 nitrogen and oxygen atoms in total. The van der Waals surface area contributed by atoms with E-state index >= 15 is 0 Å². The number of fused-ring (bicyclic) bond motifs is 1. The van der Waals surface area contributed by atoms with Gasteiger partial charge in [-0.15, -0.1) is 0 Å². The Morgan fingerprint density at radius 1 is 1.20 bits per heavy atom. The van der Waals surface area contributed by atoms with E-state index in [1.54, 1.807) is 0 Å². The lowest BCUT2D eigenvalue weighted by Crippen LogP contribution is -2.31. The van der Waals surface area contributed by atoms with E-state index in [2.05, 4.69) is 11.4 Å². The molecule has 0 radical (unpaired) electrons. The Labute approximate surface area is 149 Å². The Morgan fingerprint density at radius 2 is 1.96 bits per heavy atom. The summed E-state index contributed by atoms with van der Waals surface area (Å²) in [6.45, 7) is 4.47. The Bertz CT molecular complexity index is 750. The average molecular weight is 338 g/mol. The van der Waals surface area contributed by atoms with Gasteiger partial charge in [-0.3, -0.25) is 4.79 Å². The maximum Gasteiger partial charge on any atom is 0.223 e. The molecule has 25 heavy (non-hydrogen) atoms. The lowest BCUT2D eigenvalue weighted by molar-refractivity contribution is -0.122. The van der Waals surface area contributed by atoms with Crippen LogP contribution in [-0.4, -0.2) is 12.5 Å². The molecular formula is C21H26N2O2. The van der Waals surface area contributed by atoms with Crippen LogP contribution in [0.2, 0.25) is 0 Å². The molecule has 0 spiro atoms. The lowest BCUT2D eigenvalue weighted by atomic mass is 9.87. The van der Waals surface area contributed by atoms with Crippen LogP contribution in [0.1, 0.15) is 47.6 Å². The molecule has 1 aliphatic rings. The van der Waals surface area contributed by atoms with Crippen molar-refractivity contribution < 1.29 is 9.53 Å². The number of nitrogen functional groups attached to an aromatic ring is 1. The van der Waals surface area contributed by atoms with Crippen molar-refractivity contribution in [2.24, 2.45) is 0 Å². The summed E-state index contributed by atoms with van der Waals surface area (Å²) < 4.78 is 5.74. The highest BCUT2D eigenvalue weighted by Gasteiger charge is 2.21. The lowest BCUT2D eigenvalue weighted by Gasteiger charge is -2.26. The van der Waals surface area contributed by atoms with E-state index in [0.29, 0.717) is 13.0 Å². The number of carbonyl (C=O) groups excluding carboxylic acids is 1. The first-order valence-electron chi connectivity index (χ1n) is 8.90. The Morgan fingerprint density at radius 3 is 2.72 bits per heavy atom. The molecule has 0 saturated carbocycles. The van der Waals surface area contributed by atoms with Gasteiger partial charge in [-0.1, -0.05) is 12.1 Å². The summed E-state index contributed by atoms with van der Waals surface area (Å²) in [6, 6.07) is 12.1. The fourth-order valence-corrected chi connectivity index (χ4v) is 3.53. The summed E-state index contributed by atoms with van der Waals surface area (Å²) in [4.78, 5) is 12.3. The molecule has 0 heterocycles. The first-order chi connectivity index (χ1) is 12.0. The second-order valence-electron chi connectivity index (χ2n) is 6.89. The van der Waals surface area contributed by atoms with Gasteiger partial charge in [-0.05, 0) is 79.6 Å². The molecule has 1 atom stereocenters. The first-order valence-corrected chi connectivity index (χ1v) is 8.90. The van der Waals surface area contributed by atoms with Crippen LogP contribution < -0.4 is 15.8 Å². The minimum atomic E-state index is 0.0269. The molecule has 3 rings (SSSR count). The zero-order valence-electron chi connectivity index (χ0n) is 15.0. The van der Waals surface area contributed by atoms with Crippen molar-refractivity contribution in [2.75, 3.05) is 12.3 Å². The molecule has 132 valence electrons. The highest BCUT2D eigenvalue weighted by atomic mass is 16.5. The molecule has 0 saturated heterocycles. The molecule has 3 N–H and O–H groups in total. The van der Waals surface area contributed by atoms with Crippen molar-refractivity contribution in [3.63, 3.8) is 0 Å². The number of anilines is 1. The Balaban J connectivity index is 1.53. The number of rotatable bonds is 5. The zero-order valence-corrected chi connectivity index (χ0v) is 15.0. The second kappa shape index (κ2) is 7.60. The van der Waals surface area contributed by atoms with Gasteiger partial charge in [0.15, 0.2) is 0 Å². The van der Waals surface area contributed by atoms with Crippen molar-refractivity contribution in [1.82, 2.24) is 5.32 Å². The van der Waals surface area contributed by atoms with Crippen LogP contribution in [-0.2, 0) is 11.2 Å². The van der Waals surface area contributed by atoms with Crippen LogP contribution in [0.4, 0.5) is 5.69 Å². The number of amides is 1. The van der Waals surface area contributed by atoms with Gasteiger partial charge >= 0.3 is 0 Å². The van der Waals surface area contributed by atoms with Gasteiger partial charge in [-0.2, -0.15) is 0 Å². The van der Waals surface area contributed by atoms with E-state index in [0.717, 1.165) is 41.8 Å². The molecule has 0 fully saturated rings. The highest BCUT2D eigenvalue weighted by Crippen LogP contribution is 2.31. The van der Waals surface area contributed by atoms with Gasteiger partial charge in [0.25, 0.3) is 0 Å². The van der Waals surface area contributed by atoms with E-state index in [9.17, 15) is 4.79 Å². The number of benzene rings is 2. The van der Waals surface area contributed by atoms with Crippen LogP contribution >= 0.6 is 0 Å². The largest absolute Gasteiger partial charge is 0.493 e. The third kappa shape index (κ3) is 4.53. The van der Waals surface area contributed by atoms with Gasteiger partial charge < -0.3 is 15.8 Å². The second-order valence-corrected chi connectivity index (χ2v) is 6.89. The third-order valence-corrected chi connectivity index (χ3v) is 4.61. The van der Waals surface area contributed by atoms with Gasteiger partial charge in [0.05, 0.1) is 19.1 Å². The van der Waals surface area contributed by atoms with Gasteiger partial charge in [0.1, 0.15) is 5.75 Å². The molecule has 1 amide bonds. The van der Waals surface area contributed by atoms with Crippen molar-refractivity contribution in [2.45, 2.75) is 45.6 Å². The molecule has 2 aromatic carbocycles. The molecule has 0 bridgehead atoms. The molecule has 1 aliphatic carbocycles. The van der Waals surface area contributed by atoms with Gasteiger partial charge in [0, 0.05) is 5.69 Å². The van der Waals surface area contributed by atoms with E-state index < -0.39 is 0 Å². The summed E-state index contributed by atoms with van der Waals surface area (Å²) in [5, 5.41) is 3.14. The zero-order chi connectivity index (χ0) is 17.8. The van der Waals surface area contributed by atoms with E-state index in [4.69, 9.17) is 10.5 Å². The molecule has 4 heteroatoms. The summed E-state index contributed by atoms with van der Waals surface area (Å²) in [5.74, 6) is 0.850. The summed E-state index contributed by atoms with van der Waals surface area (Å²) in [7, 11) is 0. The predicted molar refractivity (Wildman–Crippen MR) is 101 cm³/mol. The van der Waals surface area contributed by atoms with Crippen molar-refractivity contribution in [3.8, 4) is 5.75 Å².